The van der Waals surface area contributed by atoms with Crippen LogP contribution in [0.4, 0.5) is 0 Å². The van der Waals surface area contributed by atoms with Crippen molar-refractivity contribution in [1.29, 1.82) is 0 Å². The fraction of sp³-hybridized carbons (Fsp3) is 0.278. The van der Waals surface area contributed by atoms with Crippen molar-refractivity contribution in [1.82, 2.24) is 0 Å². The number of carbonyl (C=O) groups is 1. The lowest BCUT2D eigenvalue weighted by Crippen LogP contribution is -2.84. The number of quaternary nitrogens is 1. The van der Waals surface area contributed by atoms with Crippen molar-refractivity contribution in [3.8, 4) is 17.2 Å². The van der Waals surface area contributed by atoms with E-state index in [0.29, 0.717) is 30.2 Å². The molecule has 0 saturated heterocycles. The molecule has 122 valence electrons. The Morgan fingerprint density at radius 3 is 2.30 bits per heavy atom. The second kappa shape index (κ2) is 8.19. The molecule has 0 bridgehead atoms. The van der Waals surface area contributed by atoms with E-state index in [1.165, 1.54) is 0 Å². The number of nitrogens with two attached hydrogens (primary N) is 1. The Morgan fingerprint density at radius 2 is 1.61 bits per heavy atom. The summed E-state index contributed by atoms with van der Waals surface area (Å²) in [7, 11) is 4.77. The number of hydrogen-bond donors (Lipinski definition) is 1. The predicted molar refractivity (Wildman–Crippen MR) is 87.4 cm³/mol. The molecule has 2 rings (SSSR count). The number of Topliss-reactive ketones (excluding diaryl/α,β-unsaturated/α-hetero) is 1. The third-order valence-corrected chi connectivity index (χ3v) is 3.59. The highest BCUT2D eigenvalue weighted by Crippen LogP contribution is 2.27. The molecule has 0 unspecified atom stereocenters. The zero-order valence-corrected chi connectivity index (χ0v) is 13.7. The van der Waals surface area contributed by atoms with Crippen LogP contribution >= 0.6 is 0 Å². The fourth-order valence-electron chi connectivity index (χ4n) is 2.36. The molecule has 2 N–H and O–H groups in total. The Bertz CT molecular complexity index is 670. The minimum absolute atomic E-state index is 0.0425. The quantitative estimate of drug-likeness (QED) is 0.753. The van der Waals surface area contributed by atoms with Crippen LogP contribution in [0.25, 0.3) is 0 Å². The summed E-state index contributed by atoms with van der Waals surface area (Å²) in [5.41, 5.74) is 1.68. The number of ether oxygens (including phenoxy) is 3. The molecule has 23 heavy (non-hydrogen) atoms. The van der Waals surface area contributed by atoms with E-state index in [0.717, 1.165) is 11.3 Å². The second-order valence-corrected chi connectivity index (χ2v) is 5.00. The van der Waals surface area contributed by atoms with E-state index in [2.05, 4.69) is 0 Å². The van der Waals surface area contributed by atoms with E-state index in [9.17, 15) is 4.79 Å². The predicted octanol–water partition coefficient (Wildman–Crippen LogP) is 1.66. The Balaban J connectivity index is 1.97. The van der Waals surface area contributed by atoms with E-state index >= 15 is 0 Å². The largest absolute Gasteiger partial charge is 0.496 e. The summed E-state index contributed by atoms with van der Waals surface area (Å²) in [6, 6.07) is 13.0. The van der Waals surface area contributed by atoms with Gasteiger partial charge in [0.15, 0.2) is 11.5 Å². The molecule has 0 aliphatic rings. The molecule has 2 aromatic carbocycles. The van der Waals surface area contributed by atoms with Gasteiger partial charge in [-0.3, -0.25) is 4.79 Å². The highest BCUT2D eigenvalue weighted by Gasteiger charge is 2.13. The van der Waals surface area contributed by atoms with E-state index in [1.807, 2.05) is 29.6 Å². The van der Waals surface area contributed by atoms with Gasteiger partial charge in [0.25, 0.3) is 0 Å². The van der Waals surface area contributed by atoms with Crippen LogP contribution in [0.3, 0.4) is 0 Å². The third-order valence-electron chi connectivity index (χ3n) is 3.59. The van der Waals surface area contributed by atoms with Crippen LogP contribution in [0.1, 0.15) is 15.9 Å². The van der Waals surface area contributed by atoms with Crippen molar-refractivity contribution in [2.75, 3.05) is 27.9 Å². The van der Waals surface area contributed by atoms with Gasteiger partial charge in [0.1, 0.15) is 18.8 Å². The maximum atomic E-state index is 12.3. The highest BCUT2D eigenvalue weighted by atomic mass is 16.5. The molecule has 0 aromatic heterocycles. The molecule has 0 fully saturated rings. The van der Waals surface area contributed by atoms with Crippen LogP contribution in [0.2, 0.25) is 0 Å². The molecular weight excluding hydrogens is 294 g/mol. The number of para-hydroxylation sites is 1. The molecule has 0 saturated carbocycles. The van der Waals surface area contributed by atoms with Crippen LogP contribution in [0.5, 0.6) is 17.2 Å². The van der Waals surface area contributed by atoms with Crippen molar-refractivity contribution in [3.05, 3.63) is 53.6 Å². The highest BCUT2D eigenvalue weighted by molar-refractivity contribution is 5.97. The van der Waals surface area contributed by atoms with Crippen molar-refractivity contribution in [2.45, 2.75) is 6.54 Å². The summed E-state index contributed by atoms with van der Waals surface area (Å²) in [5.74, 6) is 2.05. The Morgan fingerprint density at radius 1 is 0.913 bits per heavy atom. The zero-order chi connectivity index (χ0) is 16.7. The maximum Gasteiger partial charge on any atom is 0.216 e. The first-order valence-electron chi connectivity index (χ1n) is 7.38. The number of carbonyl (C=O) groups excluding carboxylic acids is 1. The molecule has 5 nitrogen and oxygen atoms in total. The SMILES string of the molecule is COc1ccccc1C[NH2+]CC(=O)c1ccc(OC)c(OC)c1. The van der Waals surface area contributed by atoms with Crippen molar-refractivity contribution < 1.29 is 24.3 Å². The first-order valence-corrected chi connectivity index (χ1v) is 7.38. The summed E-state index contributed by atoms with van der Waals surface area (Å²) in [6.07, 6.45) is 0. The summed E-state index contributed by atoms with van der Waals surface area (Å²) in [4.78, 5) is 12.3. The standard InChI is InChI=1S/C18H21NO4/c1-21-16-7-5-4-6-14(16)11-19-12-15(20)13-8-9-17(22-2)18(10-13)23-3/h4-10,19H,11-12H2,1-3H3/p+1. The maximum absolute atomic E-state index is 12.3. The van der Waals surface area contributed by atoms with Crippen molar-refractivity contribution in [2.24, 2.45) is 0 Å². The van der Waals surface area contributed by atoms with Crippen LogP contribution in [-0.4, -0.2) is 33.7 Å². The average molecular weight is 316 g/mol. The van der Waals surface area contributed by atoms with E-state index in [1.54, 1.807) is 39.5 Å². The molecule has 0 heterocycles. The first kappa shape index (κ1) is 16.8. The van der Waals surface area contributed by atoms with Gasteiger partial charge in [-0.05, 0) is 30.3 Å². The molecule has 0 amide bonds. The smallest absolute Gasteiger partial charge is 0.216 e. The molecule has 0 atom stereocenters. The first-order chi connectivity index (χ1) is 11.2. The molecule has 2 aromatic rings. The van der Waals surface area contributed by atoms with Gasteiger partial charge >= 0.3 is 0 Å². The van der Waals surface area contributed by atoms with E-state index < -0.39 is 0 Å². The lowest BCUT2D eigenvalue weighted by atomic mass is 10.1. The summed E-state index contributed by atoms with van der Waals surface area (Å²) < 4.78 is 15.7. The Kier molecular flexibility index (Phi) is 6.00. The second-order valence-electron chi connectivity index (χ2n) is 5.00. The molecule has 0 spiro atoms. The lowest BCUT2D eigenvalue weighted by molar-refractivity contribution is -0.658. The zero-order valence-electron chi connectivity index (χ0n) is 13.7. The number of ketones is 1. The van der Waals surface area contributed by atoms with Gasteiger partial charge in [0.2, 0.25) is 5.78 Å². The van der Waals surface area contributed by atoms with E-state index in [-0.39, 0.29) is 5.78 Å². The van der Waals surface area contributed by atoms with Gasteiger partial charge in [-0.25, -0.2) is 0 Å². The van der Waals surface area contributed by atoms with E-state index in [4.69, 9.17) is 14.2 Å². The monoisotopic (exact) mass is 316 g/mol. The van der Waals surface area contributed by atoms with Crippen molar-refractivity contribution >= 4 is 5.78 Å². The Hall–Kier alpha value is -2.53. The summed E-state index contributed by atoms with van der Waals surface area (Å²) in [6.45, 7) is 1.04. The number of rotatable bonds is 8. The fourth-order valence-corrected chi connectivity index (χ4v) is 2.36. The van der Waals surface area contributed by atoms with Gasteiger partial charge in [-0.1, -0.05) is 12.1 Å². The average Bonchev–Trinajstić information content (AvgIpc) is 2.61. The van der Waals surface area contributed by atoms with Gasteiger partial charge in [0.05, 0.1) is 21.3 Å². The molecule has 0 radical (unpaired) electrons. The number of methoxy groups -OCH3 is 3. The topological polar surface area (TPSA) is 61.4 Å². The Labute approximate surface area is 136 Å². The summed E-state index contributed by atoms with van der Waals surface area (Å²) >= 11 is 0. The van der Waals surface area contributed by atoms with Gasteiger partial charge in [-0.15, -0.1) is 0 Å². The normalized spacial score (nSPS) is 10.2. The summed E-state index contributed by atoms with van der Waals surface area (Å²) in [5, 5.41) is 1.96. The van der Waals surface area contributed by atoms with Crippen molar-refractivity contribution in [3.63, 3.8) is 0 Å². The third kappa shape index (κ3) is 4.23. The molecule has 5 heteroatoms. The number of benzene rings is 2. The van der Waals surface area contributed by atoms with Crippen LogP contribution in [-0.2, 0) is 6.54 Å². The lowest BCUT2D eigenvalue weighted by Gasteiger charge is -2.09. The van der Waals surface area contributed by atoms with Gasteiger partial charge < -0.3 is 19.5 Å². The van der Waals surface area contributed by atoms with Crippen LogP contribution < -0.4 is 19.5 Å². The van der Waals surface area contributed by atoms with Gasteiger partial charge in [0, 0.05) is 11.1 Å². The molecule has 0 aliphatic heterocycles. The van der Waals surface area contributed by atoms with Gasteiger partial charge in [-0.2, -0.15) is 0 Å². The van der Waals surface area contributed by atoms with Crippen LogP contribution in [0.15, 0.2) is 42.5 Å². The number of hydrogen-bond acceptors (Lipinski definition) is 4. The molecular formula is C18H22NO4+. The minimum Gasteiger partial charge on any atom is -0.496 e. The molecule has 0 aliphatic carbocycles. The minimum atomic E-state index is 0.0425. The van der Waals surface area contributed by atoms with Crippen LogP contribution in [0, 0.1) is 0 Å².